The van der Waals surface area contributed by atoms with E-state index in [9.17, 15) is 9.90 Å². The number of carbonyl (C=O) groups excluding carboxylic acids is 1. The molecule has 4 nitrogen and oxygen atoms in total. The first-order chi connectivity index (χ1) is 7.53. The van der Waals surface area contributed by atoms with E-state index in [2.05, 4.69) is 9.47 Å². The Morgan fingerprint density at radius 3 is 2.50 bits per heavy atom. The maximum absolute atomic E-state index is 11.8. The Morgan fingerprint density at radius 1 is 1.31 bits per heavy atom. The molecule has 0 N–H and O–H groups in total. The summed E-state index contributed by atoms with van der Waals surface area (Å²) < 4.78 is 9.22. The van der Waals surface area contributed by atoms with Gasteiger partial charge in [-0.1, -0.05) is 30.3 Å². The molecule has 0 spiro atoms. The van der Waals surface area contributed by atoms with Crippen molar-refractivity contribution in [3.8, 4) is 0 Å². The van der Waals surface area contributed by atoms with Crippen LogP contribution >= 0.6 is 0 Å². The molecule has 4 heteroatoms. The minimum atomic E-state index is -1.80. The summed E-state index contributed by atoms with van der Waals surface area (Å²) in [6.07, 6.45) is -0.803. The zero-order chi connectivity index (χ0) is 12.0. The lowest BCUT2D eigenvalue weighted by molar-refractivity contribution is -0.200. The van der Waals surface area contributed by atoms with Crippen LogP contribution in [0.1, 0.15) is 19.4 Å². The van der Waals surface area contributed by atoms with E-state index in [4.69, 9.17) is 0 Å². The average Bonchev–Trinajstić information content (AvgIpc) is 2.17. The van der Waals surface area contributed by atoms with Crippen LogP contribution < -0.4 is 0 Å². The Hall–Kier alpha value is -1.55. The summed E-state index contributed by atoms with van der Waals surface area (Å²) in [6, 6.07) is 9.14. The van der Waals surface area contributed by atoms with Crippen LogP contribution in [0.2, 0.25) is 0 Å². The second-order valence-corrected chi connectivity index (χ2v) is 3.58. The summed E-state index contributed by atoms with van der Waals surface area (Å²) in [5.74, 6) is -1.80. The third-order valence-corrected chi connectivity index (χ3v) is 1.93. The van der Waals surface area contributed by atoms with Crippen molar-refractivity contribution in [3.63, 3.8) is 0 Å². The second-order valence-electron chi connectivity index (χ2n) is 3.58. The van der Waals surface area contributed by atoms with E-state index in [1.54, 1.807) is 6.92 Å². The highest BCUT2D eigenvalue weighted by atomic mass is 16.8. The number of rotatable bonds is 4. The van der Waals surface area contributed by atoms with E-state index in [0.717, 1.165) is 5.56 Å². The number of hydrogen-bond donors (Lipinski definition) is 0. The van der Waals surface area contributed by atoms with Crippen LogP contribution in [-0.2, 0) is 21.0 Å². The highest BCUT2D eigenvalue weighted by molar-refractivity contribution is 5.60. The second kappa shape index (κ2) is 5.51. The lowest BCUT2D eigenvalue weighted by Gasteiger charge is -2.20. The van der Waals surface area contributed by atoms with E-state index >= 15 is 0 Å². The van der Waals surface area contributed by atoms with Gasteiger partial charge in [0, 0.05) is 13.3 Å². The molecule has 87 valence electrons. The Bertz CT molecular complexity index is 332. The summed E-state index contributed by atoms with van der Waals surface area (Å²) in [4.78, 5) is 11.0. The minimum Gasteiger partial charge on any atom is -0.435 e. The van der Waals surface area contributed by atoms with Crippen molar-refractivity contribution in [3.05, 3.63) is 35.9 Å². The van der Waals surface area contributed by atoms with Crippen LogP contribution in [0.5, 0.6) is 0 Å². The Balaban J connectivity index is 2.54. The normalized spacial score (nSPS) is 13.9. The molecule has 1 aromatic carbocycles. The fourth-order valence-corrected chi connectivity index (χ4v) is 1.33. The average molecular weight is 223 g/mol. The zero-order valence-electron chi connectivity index (χ0n) is 9.43. The third-order valence-electron chi connectivity index (χ3n) is 1.93. The molecule has 1 radical (unpaired) electrons. The molecule has 0 aromatic heterocycles. The molecule has 0 saturated carbocycles. The quantitative estimate of drug-likeness (QED) is 0.582. The number of hydrogen-bond acceptors (Lipinski definition) is 3. The first kappa shape index (κ1) is 12.5. The van der Waals surface area contributed by atoms with Crippen molar-refractivity contribution in [1.29, 1.82) is 0 Å². The van der Waals surface area contributed by atoms with Gasteiger partial charge in [0.05, 0.1) is 6.61 Å². The zero-order valence-corrected chi connectivity index (χ0v) is 9.43. The summed E-state index contributed by atoms with van der Waals surface area (Å²) in [6.45, 7) is 3.16. The lowest BCUT2D eigenvalue weighted by Crippen LogP contribution is -2.32. The summed E-state index contributed by atoms with van der Waals surface area (Å²) in [7, 11) is 0. The van der Waals surface area contributed by atoms with Gasteiger partial charge in [0.15, 0.2) is 0 Å². The standard InChI is InChI=1S/C12H15O4/c1-3-15-11(13)16-12(2,14)9-10-7-5-4-6-8-10/h4-8H,3,9H2,1-2H3. The van der Waals surface area contributed by atoms with E-state index in [-0.39, 0.29) is 13.0 Å². The van der Waals surface area contributed by atoms with Crippen molar-refractivity contribution in [1.82, 2.24) is 0 Å². The summed E-state index contributed by atoms with van der Waals surface area (Å²) in [5, 5.41) is 11.8. The van der Waals surface area contributed by atoms with Gasteiger partial charge in [-0.2, -0.15) is 5.11 Å². The van der Waals surface area contributed by atoms with E-state index in [0.29, 0.717) is 0 Å². The maximum atomic E-state index is 11.8. The van der Waals surface area contributed by atoms with Crippen molar-refractivity contribution in [2.24, 2.45) is 0 Å². The van der Waals surface area contributed by atoms with Gasteiger partial charge in [-0.05, 0) is 12.5 Å². The van der Waals surface area contributed by atoms with Crippen LogP contribution in [0.25, 0.3) is 0 Å². The minimum absolute atomic E-state index is 0.118. The number of ether oxygens (including phenoxy) is 2. The van der Waals surface area contributed by atoms with Crippen LogP contribution in [0.15, 0.2) is 30.3 Å². The van der Waals surface area contributed by atoms with Gasteiger partial charge in [0.1, 0.15) is 0 Å². The fraction of sp³-hybridized carbons (Fsp3) is 0.417. The van der Waals surface area contributed by atoms with E-state index in [1.807, 2.05) is 30.3 Å². The van der Waals surface area contributed by atoms with Crippen LogP contribution in [0.4, 0.5) is 4.79 Å². The highest BCUT2D eigenvalue weighted by Crippen LogP contribution is 2.16. The number of carbonyl (C=O) groups is 1. The molecule has 0 amide bonds. The highest BCUT2D eigenvalue weighted by Gasteiger charge is 2.28. The third kappa shape index (κ3) is 4.31. The molecule has 1 rings (SSSR count). The van der Waals surface area contributed by atoms with E-state index in [1.165, 1.54) is 6.92 Å². The SMILES string of the molecule is CCOC(=O)OC(C)([O])Cc1ccccc1. The number of benzene rings is 1. The van der Waals surface area contributed by atoms with Gasteiger partial charge in [0.25, 0.3) is 0 Å². The predicted molar refractivity (Wildman–Crippen MR) is 57.3 cm³/mol. The van der Waals surface area contributed by atoms with Gasteiger partial charge in [-0.3, -0.25) is 0 Å². The fourth-order valence-electron chi connectivity index (χ4n) is 1.33. The first-order valence-electron chi connectivity index (χ1n) is 5.13. The molecule has 0 aliphatic rings. The van der Waals surface area contributed by atoms with Crippen LogP contribution in [0, 0.1) is 0 Å². The molecule has 0 heterocycles. The van der Waals surface area contributed by atoms with E-state index < -0.39 is 11.9 Å². The predicted octanol–water partition coefficient (Wildman–Crippen LogP) is 2.55. The van der Waals surface area contributed by atoms with Crippen molar-refractivity contribution < 1.29 is 19.4 Å². The molecule has 0 aliphatic carbocycles. The molecule has 0 bridgehead atoms. The van der Waals surface area contributed by atoms with Gasteiger partial charge < -0.3 is 9.47 Å². The summed E-state index contributed by atoms with van der Waals surface area (Å²) >= 11 is 0. The first-order valence-corrected chi connectivity index (χ1v) is 5.13. The van der Waals surface area contributed by atoms with Crippen molar-refractivity contribution >= 4 is 6.16 Å². The Kier molecular flexibility index (Phi) is 4.31. The van der Waals surface area contributed by atoms with Crippen LogP contribution in [0.3, 0.4) is 0 Å². The molecule has 0 aliphatic heterocycles. The summed E-state index contributed by atoms with van der Waals surface area (Å²) in [5.41, 5.74) is 0.823. The molecule has 16 heavy (non-hydrogen) atoms. The largest absolute Gasteiger partial charge is 0.510 e. The molecule has 0 fully saturated rings. The topological polar surface area (TPSA) is 55.4 Å². The Labute approximate surface area is 94.8 Å². The van der Waals surface area contributed by atoms with Crippen LogP contribution in [-0.4, -0.2) is 18.5 Å². The van der Waals surface area contributed by atoms with Gasteiger partial charge in [-0.15, -0.1) is 0 Å². The molecular formula is C12H15O4. The lowest BCUT2D eigenvalue weighted by atomic mass is 10.1. The maximum Gasteiger partial charge on any atom is 0.510 e. The van der Waals surface area contributed by atoms with Gasteiger partial charge in [-0.25, -0.2) is 4.79 Å². The van der Waals surface area contributed by atoms with Crippen molar-refractivity contribution in [2.45, 2.75) is 26.1 Å². The molecular weight excluding hydrogens is 208 g/mol. The molecule has 0 saturated heterocycles. The Morgan fingerprint density at radius 2 is 1.94 bits per heavy atom. The van der Waals surface area contributed by atoms with Gasteiger partial charge >= 0.3 is 6.16 Å². The molecule has 1 atom stereocenters. The molecule has 1 unspecified atom stereocenters. The smallest absolute Gasteiger partial charge is 0.435 e. The monoisotopic (exact) mass is 223 g/mol. The van der Waals surface area contributed by atoms with Gasteiger partial charge in [0.2, 0.25) is 5.79 Å². The van der Waals surface area contributed by atoms with Crippen molar-refractivity contribution in [2.75, 3.05) is 6.61 Å². The molecule has 1 aromatic rings.